The fourth-order valence-electron chi connectivity index (χ4n) is 5.69. The maximum absolute atomic E-state index is 13.6. The highest BCUT2D eigenvalue weighted by Crippen LogP contribution is 2.43. The van der Waals surface area contributed by atoms with E-state index in [0.717, 1.165) is 30.4 Å². The standard InChI is InChI=1S/C28H34F3N5O4/c1-17(37)32-16-23(38)33-25-24-22(35-36(25)12-9-18-5-6-18)15-27(34-26(24)39)10-2-4-19-14-20(7-8-21(19)27)40-13-3-11-28(29,30)31/h7-8,14,18H,2-6,9-13,15-16H2,1H3,(H,32,37)(H,33,38)(H,34,39)/t27-/m0/s1. The summed E-state index contributed by atoms with van der Waals surface area (Å²) >= 11 is 0. The molecule has 2 aromatic rings. The van der Waals surface area contributed by atoms with Crippen LogP contribution < -0.4 is 20.7 Å². The van der Waals surface area contributed by atoms with E-state index in [0.29, 0.717) is 48.1 Å². The molecule has 2 heterocycles. The van der Waals surface area contributed by atoms with Crippen molar-refractivity contribution in [3.8, 4) is 5.75 Å². The molecule has 3 amide bonds. The zero-order chi connectivity index (χ0) is 28.5. The third kappa shape index (κ3) is 6.42. The van der Waals surface area contributed by atoms with E-state index in [1.165, 1.54) is 19.8 Å². The van der Waals surface area contributed by atoms with Gasteiger partial charge in [-0.25, -0.2) is 4.68 Å². The van der Waals surface area contributed by atoms with Crippen LogP contribution in [0.2, 0.25) is 0 Å². The molecule has 2 aliphatic carbocycles. The number of fused-ring (bicyclic) bond motifs is 3. The lowest BCUT2D eigenvalue weighted by Gasteiger charge is -2.42. The highest BCUT2D eigenvalue weighted by Gasteiger charge is 2.45. The predicted octanol–water partition coefficient (Wildman–Crippen LogP) is 4.00. The van der Waals surface area contributed by atoms with Crippen LogP contribution in [0.4, 0.5) is 19.0 Å². The maximum atomic E-state index is 13.6. The number of carbonyl (C=O) groups excluding carboxylic acids is 3. The molecule has 1 atom stereocenters. The lowest BCUT2D eigenvalue weighted by atomic mass is 9.72. The number of carbonyl (C=O) groups is 3. The number of halogens is 3. The third-order valence-electron chi connectivity index (χ3n) is 7.79. The molecule has 0 radical (unpaired) electrons. The molecule has 1 aliphatic heterocycles. The molecule has 1 saturated carbocycles. The van der Waals surface area contributed by atoms with Crippen molar-refractivity contribution >= 4 is 23.5 Å². The first-order valence-corrected chi connectivity index (χ1v) is 13.8. The highest BCUT2D eigenvalue weighted by molar-refractivity contribution is 6.05. The fraction of sp³-hybridized carbons (Fsp3) is 0.571. The van der Waals surface area contributed by atoms with Gasteiger partial charge in [0.05, 0.1) is 24.4 Å². The molecule has 12 heteroatoms. The minimum atomic E-state index is -4.21. The van der Waals surface area contributed by atoms with Crippen LogP contribution in [0.15, 0.2) is 18.2 Å². The van der Waals surface area contributed by atoms with Crippen LogP contribution in [0.3, 0.4) is 0 Å². The Morgan fingerprint density at radius 2 is 2.08 bits per heavy atom. The molecule has 0 unspecified atom stereocenters. The van der Waals surface area contributed by atoms with Gasteiger partial charge in [-0.2, -0.15) is 18.3 Å². The Labute approximate surface area is 230 Å². The molecule has 5 rings (SSSR count). The summed E-state index contributed by atoms with van der Waals surface area (Å²) in [6.07, 6.45) is 0.740. The zero-order valence-corrected chi connectivity index (χ0v) is 22.5. The molecular formula is C28H34F3N5O4. The van der Waals surface area contributed by atoms with Crippen LogP contribution in [0.25, 0.3) is 0 Å². The average Bonchev–Trinajstić information content (AvgIpc) is 3.65. The predicted molar refractivity (Wildman–Crippen MR) is 140 cm³/mol. The van der Waals surface area contributed by atoms with Crippen molar-refractivity contribution in [2.75, 3.05) is 18.5 Å². The molecule has 0 saturated heterocycles. The third-order valence-corrected chi connectivity index (χ3v) is 7.79. The van der Waals surface area contributed by atoms with Gasteiger partial charge in [-0.15, -0.1) is 0 Å². The second kappa shape index (κ2) is 11.1. The molecule has 0 bridgehead atoms. The highest BCUT2D eigenvalue weighted by atomic mass is 19.4. The quantitative estimate of drug-likeness (QED) is 0.380. The summed E-state index contributed by atoms with van der Waals surface area (Å²) in [5, 5.41) is 13.3. The molecule has 9 nitrogen and oxygen atoms in total. The van der Waals surface area contributed by atoms with Gasteiger partial charge in [-0.3, -0.25) is 14.4 Å². The number of alkyl halides is 3. The number of nitrogens with one attached hydrogen (secondary N) is 3. The van der Waals surface area contributed by atoms with Crippen LogP contribution in [-0.2, 0) is 34.5 Å². The summed E-state index contributed by atoms with van der Waals surface area (Å²) in [6.45, 7) is 1.65. The Balaban J connectivity index is 1.37. The van der Waals surface area contributed by atoms with Crippen molar-refractivity contribution in [1.29, 1.82) is 0 Å². The van der Waals surface area contributed by atoms with Crippen molar-refractivity contribution in [2.24, 2.45) is 5.92 Å². The van der Waals surface area contributed by atoms with Crippen LogP contribution in [0, 0.1) is 5.92 Å². The SMILES string of the molecule is CC(=O)NCC(=O)Nc1c2c(nn1CCC1CC1)C[C@]1(CCCc3cc(OCCCC(F)(F)F)ccc31)NC2=O. The van der Waals surface area contributed by atoms with E-state index in [4.69, 9.17) is 9.84 Å². The Bertz CT molecular complexity index is 1300. The summed E-state index contributed by atoms with van der Waals surface area (Å²) in [5.74, 6) is 0.384. The average molecular weight is 562 g/mol. The van der Waals surface area contributed by atoms with E-state index < -0.39 is 24.0 Å². The Morgan fingerprint density at radius 3 is 2.80 bits per heavy atom. The van der Waals surface area contributed by atoms with Gasteiger partial charge in [0.1, 0.15) is 17.1 Å². The second-order valence-electron chi connectivity index (χ2n) is 11.0. The van der Waals surface area contributed by atoms with Crippen molar-refractivity contribution in [3.05, 3.63) is 40.6 Å². The van der Waals surface area contributed by atoms with E-state index >= 15 is 0 Å². The Hall–Kier alpha value is -3.57. The zero-order valence-electron chi connectivity index (χ0n) is 22.5. The number of amides is 3. The normalized spacial score (nSPS) is 19.9. The first kappa shape index (κ1) is 28.0. The van der Waals surface area contributed by atoms with E-state index in [9.17, 15) is 27.6 Å². The van der Waals surface area contributed by atoms with Crippen LogP contribution >= 0.6 is 0 Å². The summed E-state index contributed by atoms with van der Waals surface area (Å²) in [7, 11) is 0. The fourth-order valence-corrected chi connectivity index (χ4v) is 5.69. The molecule has 1 spiro atoms. The molecule has 3 aliphatic rings. The van der Waals surface area contributed by atoms with E-state index in [-0.39, 0.29) is 31.4 Å². The van der Waals surface area contributed by atoms with Gasteiger partial charge in [-0.05, 0) is 61.3 Å². The Morgan fingerprint density at radius 1 is 1.27 bits per heavy atom. The molecular weight excluding hydrogens is 527 g/mol. The van der Waals surface area contributed by atoms with Gasteiger partial charge >= 0.3 is 6.18 Å². The number of hydrogen-bond donors (Lipinski definition) is 3. The molecule has 1 aromatic carbocycles. The van der Waals surface area contributed by atoms with Crippen LogP contribution in [0.5, 0.6) is 5.75 Å². The molecule has 1 aromatic heterocycles. The Kier molecular flexibility index (Phi) is 7.78. The van der Waals surface area contributed by atoms with E-state index in [1.807, 2.05) is 12.1 Å². The topological polar surface area (TPSA) is 114 Å². The number of aryl methyl sites for hydroxylation is 2. The number of nitrogens with zero attached hydrogens (tertiary/aromatic N) is 2. The first-order valence-electron chi connectivity index (χ1n) is 13.8. The number of hydrogen-bond acceptors (Lipinski definition) is 5. The first-order chi connectivity index (χ1) is 19.0. The molecule has 216 valence electrons. The largest absolute Gasteiger partial charge is 0.494 e. The molecule has 40 heavy (non-hydrogen) atoms. The van der Waals surface area contributed by atoms with Crippen molar-refractivity contribution in [2.45, 2.75) is 83.0 Å². The molecule has 3 N–H and O–H groups in total. The van der Waals surface area contributed by atoms with Crippen molar-refractivity contribution < 1.29 is 32.3 Å². The van der Waals surface area contributed by atoms with Crippen molar-refractivity contribution in [3.63, 3.8) is 0 Å². The number of anilines is 1. The minimum Gasteiger partial charge on any atom is -0.494 e. The van der Waals surface area contributed by atoms with E-state index in [1.54, 1.807) is 10.7 Å². The lowest BCUT2D eigenvalue weighted by molar-refractivity contribution is -0.136. The van der Waals surface area contributed by atoms with Crippen LogP contribution in [-0.4, -0.2) is 46.8 Å². The number of benzene rings is 1. The lowest BCUT2D eigenvalue weighted by Crippen LogP contribution is -2.53. The number of ether oxygens (including phenoxy) is 1. The van der Waals surface area contributed by atoms with Gasteiger partial charge < -0.3 is 20.7 Å². The minimum absolute atomic E-state index is 0.0295. The molecule has 1 fully saturated rings. The number of aromatic nitrogens is 2. The summed E-state index contributed by atoms with van der Waals surface area (Å²) in [4.78, 5) is 37.5. The summed E-state index contributed by atoms with van der Waals surface area (Å²) in [5.41, 5.74) is 2.20. The van der Waals surface area contributed by atoms with Crippen LogP contribution in [0.1, 0.15) is 79.0 Å². The van der Waals surface area contributed by atoms with Gasteiger partial charge in [-0.1, -0.05) is 18.9 Å². The number of rotatable bonds is 10. The van der Waals surface area contributed by atoms with Gasteiger partial charge in [0.25, 0.3) is 5.91 Å². The smallest absolute Gasteiger partial charge is 0.389 e. The van der Waals surface area contributed by atoms with Gasteiger partial charge in [0, 0.05) is 26.3 Å². The summed E-state index contributed by atoms with van der Waals surface area (Å²) < 4.78 is 44.6. The van der Waals surface area contributed by atoms with Crippen molar-refractivity contribution in [1.82, 2.24) is 20.4 Å². The summed E-state index contributed by atoms with van der Waals surface area (Å²) in [6, 6.07) is 5.48. The van der Waals surface area contributed by atoms with E-state index in [2.05, 4.69) is 16.0 Å². The monoisotopic (exact) mass is 561 g/mol. The second-order valence-corrected chi connectivity index (χ2v) is 11.0. The van der Waals surface area contributed by atoms with Gasteiger partial charge in [0.15, 0.2) is 0 Å². The maximum Gasteiger partial charge on any atom is 0.389 e. The van der Waals surface area contributed by atoms with Gasteiger partial charge in [0.2, 0.25) is 11.8 Å².